The fourth-order valence-electron chi connectivity index (χ4n) is 8.49. The van der Waals surface area contributed by atoms with Crippen molar-refractivity contribution in [1.29, 1.82) is 0 Å². The smallest absolute Gasteiger partial charge is 0.306 e. The highest BCUT2D eigenvalue weighted by molar-refractivity contribution is 5.93. The number of carbonyl (C=O) groups excluding carboxylic acids is 5. The average molecular weight is 545 g/mol. The Morgan fingerprint density at radius 3 is 2.33 bits per heavy atom. The van der Waals surface area contributed by atoms with Gasteiger partial charge in [0.2, 0.25) is 5.78 Å². The Morgan fingerprint density at radius 2 is 1.67 bits per heavy atom. The minimum absolute atomic E-state index is 0.00864. The summed E-state index contributed by atoms with van der Waals surface area (Å²) >= 11 is 0. The maximum Gasteiger partial charge on any atom is 0.306 e. The molecule has 4 aliphatic carbocycles. The third-order valence-corrected chi connectivity index (χ3v) is 10.4. The van der Waals surface area contributed by atoms with E-state index < -0.39 is 41.4 Å². The Hall–Kier alpha value is -2.51. The van der Waals surface area contributed by atoms with Gasteiger partial charge in [-0.05, 0) is 68.3 Å². The number of ketones is 2. The van der Waals surface area contributed by atoms with E-state index in [1.54, 1.807) is 13.8 Å². The number of allylic oxidation sites excluding steroid dienone is 1. The van der Waals surface area contributed by atoms with Crippen molar-refractivity contribution in [3.8, 4) is 0 Å². The summed E-state index contributed by atoms with van der Waals surface area (Å²) in [5.41, 5.74) is -1.39. The number of esters is 3. The van der Waals surface area contributed by atoms with E-state index in [1.165, 1.54) is 0 Å². The second-order valence-electron chi connectivity index (χ2n) is 12.4. The van der Waals surface area contributed by atoms with E-state index in [9.17, 15) is 24.0 Å². The molecule has 3 fully saturated rings. The van der Waals surface area contributed by atoms with Crippen molar-refractivity contribution in [3.63, 3.8) is 0 Å². The van der Waals surface area contributed by atoms with Crippen molar-refractivity contribution in [2.75, 3.05) is 6.61 Å². The van der Waals surface area contributed by atoms with E-state index >= 15 is 0 Å². The van der Waals surface area contributed by atoms with Crippen LogP contribution in [0, 0.1) is 28.6 Å². The van der Waals surface area contributed by atoms with E-state index in [2.05, 4.69) is 6.92 Å². The molecule has 3 saturated carbocycles. The Balaban J connectivity index is 1.76. The SMILES string of the molecule is CCCC(=O)OCC(=O)[C@@]1(OC(=O)CC)CC[C@H]2[C@@H]3CCC4=CC(=O)CC[C@]4(C)[C@H]3[C@H](OC(=O)CC)C[C@@]21C. The maximum absolute atomic E-state index is 14.0. The lowest BCUT2D eigenvalue weighted by molar-refractivity contribution is -0.209. The summed E-state index contributed by atoms with van der Waals surface area (Å²) in [4.78, 5) is 63.9. The Labute approximate surface area is 231 Å². The summed E-state index contributed by atoms with van der Waals surface area (Å²) in [6, 6.07) is 0. The van der Waals surface area contributed by atoms with Crippen LogP contribution >= 0.6 is 0 Å². The molecule has 0 saturated heterocycles. The molecule has 216 valence electrons. The fraction of sp³-hybridized carbons (Fsp3) is 0.774. The summed E-state index contributed by atoms with van der Waals surface area (Å²) < 4.78 is 17.6. The van der Waals surface area contributed by atoms with E-state index in [4.69, 9.17) is 14.2 Å². The van der Waals surface area contributed by atoms with E-state index in [0.29, 0.717) is 38.5 Å². The topological polar surface area (TPSA) is 113 Å². The zero-order valence-corrected chi connectivity index (χ0v) is 24.1. The molecule has 0 radical (unpaired) electrons. The van der Waals surface area contributed by atoms with Gasteiger partial charge in [-0.25, -0.2) is 0 Å². The quantitative estimate of drug-likeness (QED) is 0.293. The highest BCUT2D eigenvalue weighted by Crippen LogP contribution is 2.69. The van der Waals surface area contributed by atoms with Crippen LogP contribution < -0.4 is 0 Å². The number of ether oxygens (including phenoxy) is 3. The third kappa shape index (κ3) is 4.97. The molecule has 0 aromatic heterocycles. The summed E-state index contributed by atoms with van der Waals surface area (Å²) in [7, 11) is 0. The molecule has 0 bridgehead atoms. The van der Waals surface area contributed by atoms with Crippen LogP contribution in [0.1, 0.15) is 105 Å². The summed E-state index contributed by atoms with van der Waals surface area (Å²) in [5, 5.41) is 0. The molecule has 39 heavy (non-hydrogen) atoms. The lowest BCUT2D eigenvalue weighted by Crippen LogP contribution is -2.63. The fourth-order valence-corrected chi connectivity index (χ4v) is 8.49. The van der Waals surface area contributed by atoms with Gasteiger partial charge >= 0.3 is 17.9 Å². The molecule has 4 aliphatic rings. The Morgan fingerprint density at radius 1 is 0.949 bits per heavy atom. The first kappa shape index (κ1) is 29.5. The number of rotatable bonds is 9. The Kier molecular flexibility index (Phi) is 8.44. The molecule has 0 unspecified atom stereocenters. The molecular weight excluding hydrogens is 500 g/mol. The van der Waals surface area contributed by atoms with Crippen LogP contribution in [0.5, 0.6) is 0 Å². The largest absolute Gasteiger partial charge is 0.462 e. The van der Waals surface area contributed by atoms with Crippen LogP contribution in [-0.2, 0) is 38.2 Å². The number of carbonyl (C=O) groups is 5. The molecule has 0 aromatic carbocycles. The molecule has 0 spiro atoms. The van der Waals surface area contributed by atoms with Gasteiger partial charge in [0.1, 0.15) is 6.10 Å². The zero-order valence-electron chi connectivity index (χ0n) is 24.1. The predicted octanol–water partition coefficient (Wildman–Crippen LogP) is 5.05. The van der Waals surface area contributed by atoms with E-state index in [0.717, 1.165) is 18.4 Å². The van der Waals surface area contributed by atoms with Crippen molar-refractivity contribution in [1.82, 2.24) is 0 Å². The average Bonchev–Trinajstić information content (AvgIpc) is 3.19. The van der Waals surface area contributed by atoms with E-state index in [1.807, 2.05) is 19.9 Å². The molecule has 4 rings (SSSR count). The lowest BCUT2D eigenvalue weighted by atomic mass is 9.45. The molecule has 8 nitrogen and oxygen atoms in total. The predicted molar refractivity (Wildman–Crippen MR) is 142 cm³/mol. The molecule has 0 amide bonds. The van der Waals surface area contributed by atoms with E-state index in [-0.39, 0.29) is 54.2 Å². The molecule has 0 aromatic rings. The van der Waals surface area contributed by atoms with Crippen LogP contribution in [0.4, 0.5) is 0 Å². The van der Waals surface area contributed by atoms with Gasteiger partial charge in [-0.1, -0.05) is 40.2 Å². The van der Waals surface area contributed by atoms with Gasteiger partial charge in [-0.2, -0.15) is 0 Å². The van der Waals surface area contributed by atoms with Crippen LogP contribution in [-0.4, -0.2) is 47.8 Å². The van der Waals surface area contributed by atoms with Gasteiger partial charge < -0.3 is 14.2 Å². The van der Waals surface area contributed by atoms with Gasteiger partial charge in [0.25, 0.3) is 0 Å². The van der Waals surface area contributed by atoms with Gasteiger partial charge in [-0.15, -0.1) is 0 Å². The molecule has 0 heterocycles. The zero-order chi connectivity index (χ0) is 28.6. The summed E-state index contributed by atoms with van der Waals surface area (Å²) in [6.07, 6.45) is 6.68. The second-order valence-corrected chi connectivity index (χ2v) is 12.4. The van der Waals surface area contributed by atoms with Crippen LogP contribution in [0.2, 0.25) is 0 Å². The highest BCUT2D eigenvalue weighted by atomic mass is 16.6. The lowest BCUT2D eigenvalue weighted by Gasteiger charge is -2.61. The number of hydrogen-bond donors (Lipinski definition) is 0. The van der Waals surface area contributed by atoms with Crippen molar-refractivity contribution >= 4 is 29.5 Å². The van der Waals surface area contributed by atoms with Crippen LogP contribution in [0.25, 0.3) is 0 Å². The van der Waals surface area contributed by atoms with Crippen molar-refractivity contribution < 1.29 is 38.2 Å². The number of fused-ring (bicyclic) bond motifs is 5. The second kappa shape index (κ2) is 11.2. The highest BCUT2D eigenvalue weighted by Gasteiger charge is 2.71. The van der Waals surface area contributed by atoms with Gasteiger partial charge in [0, 0.05) is 37.0 Å². The van der Waals surface area contributed by atoms with Crippen LogP contribution in [0.3, 0.4) is 0 Å². The Bertz CT molecular complexity index is 1060. The van der Waals surface area contributed by atoms with Crippen LogP contribution in [0.15, 0.2) is 11.6 Å². The molecule has 0 N–H and O–H groups in total. The molecular formula is C31H44O8. The minimum Gasteiger partial charge on any atom is -0.462 e. The molecule has 8 heteroatoms. The monoisotopic (exact) mass is 544 g/mol. The molecule has 7 atom stereocenters. The van der Waals surface area contributed by atoms with Crippen molar-refractivity contribution in [2.45, 2.75) is 117 Å². The van der Waals surface area contributed by atoms with Gasteiger partial charge in [0.05, 0.1) is 0 Å². The molecule has 0 aliphatic heterocycles. The number of hydrogen-bond acceptors (Lipinski definition) is 8. The number of Topliss-reactive ketones (excluding diaryl/α,β-unsaturated/α-hetero) is 1. The normalized spacial score (nSPS) is 37.1. The first-order chi connectivity index (χ1) is 18.5. The summed E-state index contributed by atoms with van der Waals surface area (Å²) in [5.74, 6) is -1.28. The van der Waals surface area contributed by atoms with Gasteiger partial charge in [0.15, 0.2) is 18.0 Å². The minimum atomic E-state index is -1.46. The third-order valence-electron chi connectivity index (χ3n) is 10.4. The summed E-state index contributed by atoms with van der Waals surface area (Å²) in [6.45, 7) is 9.07. The maximum atomic E-state index is 14.0. The first-order valence-electron chi connectivity index (χ1n) is 14.8. The first-order valence-corrected chi connectivity index (χ1v) is 14.8. The van der Waals surface area contributed by atoms with Crippen molar-refractivity contribution in [3.05, 3.63) is 11.6 Å². The van der Waals surface area contributed by atoms with Crippen molar-refractivity contribution in [2.24, 2.45) is 28.6 Å². The van der Waals surface area contributed by atoms with Gasteiger partial charge in [-0.3, -0.25) is 24.0 Å². The standard InChI is InChI=1S/C31H44O8/c1-6-9-27(36)37-18-24(33)31(39-26(35)8-3)15-13-22-21-11-10-19-16-20(32)12-14-29(19,4)28(21)23(17-30(22,31)5)38-25(34)7-2/h16,21-23,28H,6-15,17-18H2,1-5H3/t21-,22-,23+,28+,29-,30-,31-/m0/s1.